The second kappa shape index (κ2) is 8.16. The van der Waals surface area contributed by atoms with Crippen molar-refractivity contribution >= 4 is 28.9 Å². The summed E-state index contributed by atoms with van der Waals surface area (Å²) in [7, 11) is 0. The maximum absolute atomic E-state index is 6.01. The Bertz CT molecular complexity index is 632. The van der Waals surface area contributed by atoms with E-state index in [-0.39, 0.29) is 0 Å². The van der Waals surface area contributed by atoms with Gasteiger partial charge in [0.15, 0.2) is 11.5 Å². The van der Waals surface area contributed by atoms with Crippen LogP contribution in [0.5, 0.6) is 11.5 Å². The van der Waals surface area contributed by atoms with Crippen LogP contribution in [0.3, 0.4) is 0 Å². The van der Waals surface area contributed by atoms with Gasteiger partial charge in [-0.1, -0.05) is 29.3 Å². The zero-order valence-electron chi connectivity index (χ0n) is 12.7. The Morgan fingerprint density at radius 1 is 0.864 bits per heavy atom. The fourth-order valence-electron chi connectivity index (χ4n) is 2.02. The van der Waals surface area contributed by atoms with Gasteiger partial charge in [-0.25, -0.2) is 0 Å². The zero-order valence-corrected chi connectivity index (χ0v) is 14.2. The lowest BCUT2D eigenvalue weighted by Gasteiger charge is -2.13. The summed E-state index contributed by atoms with van der Waals surface area (Å²) in [6.07, 6.45) is 0. The van der Waals surface area contributed by atoms with E-state index in [0.29, 0.717) is 29.8 Å². The van der Waals surface area contributed by atoms with Crippen molar-refractivity contribution in [3.8, 4) is 11.5 Å². The van der Waals surface area contributed by atoms with Crippen LogP contribution >= 0.6 is 23.2 Å². The standard InChI is InChI=1S/C17H19Cl2NO2/c1-3-21-16-8-5-12(9-17(16)22-4-2)11-20-13-6-7-14(18)15(19)10-13/h5-10,20H,3-4,11H2,1-2H3. The van der Waals surface area contributed by atoms with Crippen molar-refractivity contribution in [1.82, 2.24) is 0 Å². The minimum atomic E-state index is 0.536. The highest BCUT2D eigenvalue weighted by Crippen LogP contribution is 2.29. The SMILES string of the molecule is CCOc1ccc(CNc2ccc(Cl)c(Cl)c2)cc1OCC. The van der Waals surface area contributed by atoms with E-state index < -0.39 is 0 Å². The van der Waals surface area contributed by atoms with Crippen molar-refractivity contribution in [1.29, 1.82) is 0 Å². The number of rotatable bonds is 7. The summed E-state index contributed by atoms with van der Waals surface area (Å²) in [4.78, 5) is 0. The lowest BCUT2D eigenvalue weighted by Crippen LogP contribution is -2.02. The van der Waals surface area contributed by atoms with Crippen LogP contribution in [-0.2, 0) is 6.54 Å². The maximum atomic E-state index is 6.01. The van der Waals surface area contributed by atoms with Gasteiger partial charge < -0.3 is 14.8 Å². The fourth-order valence-corrected chi connectivity index (χ4v) is 2.31. The van der Waals surface area contributed by atoms with Crippen LogP contribution in [0, 0.1) is 0 Å². The van der Waals surface area contributed by atoms with Crippen molar-refractivity contribution in [3.63, 3.8) is 0 Å². The van der Waals surface area contributed by atoms with Gasteiger partial charge >= 0.3 is 0 Å². The van der Waals surface area contributed by atoms with E-state index in [1.807, 2.05) is 44.2 Å². The van der Waals surface area contributed by atoms with Crippen LogP contribution in [0.25, 0.3) is 0 Å². The van der Waals surface area contributed by atoms with Crippen LogP contribution in [0.1, 0.15) is 19.4 Å². The Balaban J connectivity index is 2.08. The van der Waals surface area contributed by atoms with Gasteiger partial charge in [0, 0.05) is 12.2 Å². The first kappa shape index (κ1) is 16.8. The average Bonchev–Trinajstić information content (AvgIpc) is 2.51. The lowest BCUT2D eigenvalue weighted by molar-refractivity contribution is 0.287. The highest BCUT2D eigenvalue weighted by Gasteiger charge is 2.06. The summed E-state index contributed by atoms with van der Waals surface area (Å²) in [6, 6.07) is 11.4. The van der Waals surface area contributed by atoms with Gasteiger partial charge in [0.25, 0.3) is 0 Å². The number of ether oxygens (including phenoxy) is 2. The first-order valence-electron chi connectivity index (χ1n) is 7.21. The first-order valence-corrected chi connectivity index (χ1v) is 7.97. The van der Waals surface area contributed by atoms with Crippen molar-refractivity contribution in [2.45, 2.75) is 20.4 Å². The lowest BCUT2D eigenvalue weighted by atomic mass is 10.2. The van der Waals surface area contributed by atoms with E-state index in [0.717, 1.165) is 22.7 Å². The van der Waals surface area contributed by atoms with Crippen LogP contribution in [0.4, 0.5) is 5.69 Å². The predicted octanol–water partition coefficient (Wildman–Crippen LogP) is 5.40. The number of anilines is 1. The molecule has 118 valence electrons. The van der Waals surface area contributed by atoms with Gasteiger partial charge in [-0.15, -0.1) is 0 Å². The third-order valence-corrected chi connectivity index (χ3v) is 3.76. The average molecular weight is 340 g/mol. The number of hydrogen-bond acceptors (Lipinski definition) is 3. The number of halogens is 2. The topological polar surface area (TPSA) is 30.5 Å². The number of nitrogens with one attached hydrogen (secondary N) is 1. The molecule has 5 heteroatoms. The molecule has 0 aliphatic heterocycles. The summed E-state index contributed by atoms with van der Waals surface area (Å²) >= 11 is 11.9. The Hall–Kier alpha value is -1.58. The molecule has 2 aromatic carbocycles. The number of benzene rings is 2. The molecule has 0 saturated heterocycles. The Morgan fingerprint density at radius 2 is 1.59 bits per heavy atom. The molecule has 1 N–H and O–H groups in total. The Kier molecular flexibility index (Phi) is 6.22. The van der Waals surface area contributed by atoms with Crippen LogP contribution < -0.4 is 14.8 Å². The molecule has 0 amide bonds. The molecule has 0 aliphatic carbocycles. The van der Waals surface area contributed by atoms with E-state index in [4.69, 9.17) is 32.7 Å². The summed E-state index contributed by atoms with van der Waals surface area (Å²) in [5.41, 5.74) is 2.01. The fraction of sp³-hybridized carbons (Fsp3) is 0.294. The van der Waals surface area contributed by atoms with E-state index in [1.54, 1.807) is 6.07 Å². The molecular weight excluding hydrogens is 321 g/mol. The van der Waals surface area contributed by atoms with E-state index >= 15 is 0 Å². The van der Waals surface area contributed by atoms with Gasteiger partial charge in [-0.3, -0.25) is 0 Å². The summed E-state index contributed by atoms with van der Waals surface area (Å²) < 4.78 is 11.2. The van der Waals surface area contributed by atoms with E-state index in [1.165, 1.54) is 0 Å². The molecule has 0 aliphatic rings. The molecule has 3 nitrogen and oxygen atoms in total. The largest absolute Gasteiger partial charge is 0.490 e. The maximum Gasteiger partial charge on any atom is 0.161 e. The molecule has 0 spiro atoms. The van der Waals surface area contributed by atoms with Crippen molar-refractivity contribution in [2.75, 3.05) is 18.5 Å². The molecule has 0 radical (unpaired) electrons. The van der Waals surface area contributed by atoms with E-state index in [2.05, 4.69) is 5.32 Å². The van der Waals surface area contributed by atoms with Crippen molar-refractivity contribution < 1.29 is 9.47 Å². The molecule has 22 heavy (non-hydrogen) atoms. The van der Waals surface area contributed by atoms with Crippen molar-refractivity contribution in [3.05, 3.63) is 52.0 Å². The minimum absolute atomic E-state index is 0.536. The molecular formula is C17H19Cl2NO2. The Morgan fingerprint density at radius 3 is 2.27 bits per heavy atom. The molecule has 0 aromatic heterocycles. The third kappa shape index (κ3) is 4.46. The molecule has 0 atom stereocenters. The normalized spacial score (nSPS) is 10.4. The molecule has 2 aromatic rings. The summed E-state index contributed by atoms with van der Waals surface area (Å²) in [6.45, 7) is 5.78. The molecule has 0 heterocycles. The minimum Gasteiger partial charge on any atom is -0.490 e. The second-order valence-electron chi connectivity index (χ2n) is 4.63. The van der Waals surface area contributed by atoms with Gasteiger partial charge in [0.1, 0.15) is 0 Å². The summed E-state index contributed by atoms with van der Waals surface area (Å²) in [5.74, 6) is 1.53. The monoisotopic (exact) mass is 339 g/mol. The van der Waals surface area contributed by atoms with Crippen molar-refractivity contribution in [2.24, 2.45) is 0 Å². The van der Waals surface area contributed by atoms with E-state index in [9.17, 15) is 0 Å². The third-order valence-electron chi connectivity index (χ3n) is 3.02. The first-order chi connectivity index (χ1) is 10.6. The van der Waals surface area contributed by atoms with Crippen LogP contribution in [-0.4, -0.2) is 13.2 Å². The molecule has 0 fully saturated rings. The highest BCUT2D eigenvalue weighted by molar-refractivity contribution is 6.42. The van der Waals surface area contributed by atoms with Crippen LogP contribution in [0.2, 0.25) is 10.0 Å². The Labute approximate surface area is 141 Å². The quantitative estimate of drug-likeness (QED) is 0.732. The predicted molar refractivity (Wildman–Crippen MR) is 92.6 cm³/mol. The molecule has 2 rings (SSSR count). The molecule has 0 bridgehead atoms. The molecule has 0 saturated carbocycles. The second-order valence-corrected chi connectivity index (χ2v) is 5.44. The number of hydrogen-bond donors (Lipinski definition) is 1. The molecule has 0 unspecified atom stereocenters. The van der Waals surface area contributed by atoms with Gasteiger partial charge in [-0.05, 0) is 49.7 Å². The zero-order chi connectivity index (χ0) is 15.9. The highest BCUT2D eigenvalue weighted by atomic mass is 35.5. The summed E-state index contributed by atoms with van der Waals surface area (Å²) in [5, 5.41) is 4.39. The van der Waals surface area contributed by atoms with Gasteiger partial charge in [-0.2, -0.15) is 0 Å². The smallest absolute Gasteiger partial charge is 0.161 e. The van der Waals surface area contributed by atoms with Crippen LogP contribution in [0.15, 0.2) is 36.4 Å². The van der Waals surface area contributed by atoms with Gasteiger partial charge in [0.2, 0.25) is 0 Å². The van der Waals surface area contributed by atoms with Gasteiger partial charge in [0.05, 0.1) is 23.3 Å².